The van der Waals surface area contributed by atoms with E-state index in [-0.39, 0.29) is 6.79 Å². The van der Waals surface area contributed by atoms with E-state index in [0.717, 1.165) is 5.56 Å². The molecule has 0 saturated carbocycles. The van der Waals surface area contributed by atoms with Gasteiger partial charge in [0.25, 0.3) is 0 Å². The Bertz CT molecular complexity index is 330. The summed E-state index contributed by atoms with van der Waals surface area (Å²) in [6.07, 6.45) is -0.630. The first kappa shape index (κ1) is 9.26. The lowest BCUT2D eigenvalue weighted by atomic mass is 10.1. The molecule has 1 atom stereocenters. The van der Waals surface area contributed by atoms with Crippen molar-refractivity contribution in [2.45, 2.75) is 6.10 Å². The molecule has 1 aromatic carbocycles. The molecule has 76 valence electrons. The van der Waals surface area contributed by atoms with Crippen molar-refractivity contribution in [3.05, 3.63) is 23.8 Å². The van der Waals surface area contributed by atoms with E-state index in [4.69, 9.17) is 15.3 Å². The molecule has 1 unspecified atom stereocenters. The van der Waals surface area contributed by atoms with Gasteiger partial charge in [-0.25, -0.2) is 0 Å². The van der Waals surface area contributed by atoms with Gasteiger partial charge in [0, 0.05) is 6.54 Å². The lowest BCUT2D eigenvalue weighted by Crippen LogP contribution is -2.27. The van der Waals surface area contributed by atoms with E-state index in [0.29, 0.717) is 18.0 Å². The Kier molecular flexibility index (Phi) is 2.53. The third kappa shape index (κ3) is 1.65. The molecule has 0 bridgehead atoms. The van der Waals surface area contributed by atoms with Crippen molar-refractivity contribution in [3.63, 3.8) is 0 Å². The van der Waals surface area contributed by atoms with Gasteiger partial charge in [0.05, 0.1) is 6.10 Å². The number of benzene rings is 1. The van der Waals surface area contributed by atoms with Gasteiger partial charge in [0.2, 0.25) is 6.79 Å². The summed E-state index contributed by atoms with van der Waals surface area (Å²) in [6, 6.07) is 5.32. The van der Waals surface area contributed by atoms with E-state index in [2.05, 4.69) is 5.43 Å². The first-order chi connectivity index (χ1) is 6.81. The van der Waals surface area contributed by atoms with Crippen molar-refractivity contribution in [1.82, 2.24) is 5.43 Å². The number of nitrogens with two attached hydrogens (primary N) is 1. The Morgan fingerprint density at radius 1 is 1.43 bits per heavy atom. The summed E-state index contributed by atoms with van der Waals surface area (Å²) in [6.45, 7) is 0.545. The molecule has 0 spiro atoms. The van der Waals surface area contributed by atoms with Gasteiger partial charge in [-0.2, -0.15) is 0 Å². The second-order valence-corrected chi connectivity index (χ2v) is 3.04. The minimum absolute atomic E-state index is 0.240. The minimum Gasteiger partial charge on any atom is -0.454 e. The van der Waals surface area contributed by atoms with Crippen LogP contribution in [0.4, 0.5) is 0 Å². The van der Waals surface area contributed by atoms with Crippen LogP contribution in [0.3, 0.4) is 0 Å². The van der Waals surface area contributed by atoms with Crippen LogP contribution in [0.1, 0.15) is 11.7 Å². The molecule has 1 heterocycles. The van der Waals surface area contributed by atoms with Gasteiger partial charge >= 0.3 is 0 Å². The van der Waals surface area contributed by atoms with E-state index in [9.17, 15) is 5.11 Å². The molecule has 0 amide bonds. The van der Waals surface area contributed by atoms with E-state index in [1.54, 1.807) is 18.2 Å². The van der Waals surface area contributed by atoms with Crippen molar-refractivity contribution < 1.29 is 14.6 Å². The number of nitrogens with one attached hydrogen (secondary N) is 1. The third-order valence-corrected chi connectivity index (χ3v) is 2.09. The molecule has 1 aliphatic heterocycles. The zero-order chi connectivity index (χ0) is 9.97. The summed E-state index contributed by atoms with van der Waals surface area (Å²) >= 11 is 0. The predicted molar refractivity (Wildman–Crippen MR) is 49.7 cm³/mol. The summed E-state index contributed by atoms with van der Waals surface area (Å²) < 4.78 is 10.3. The monoisotopic (exact) mass is 196 g/mol. The number of hydrazine groups is 1. The smallest absolute Gasteiger partial charge is 0.231 e. The third-order valence-electron chi connectivity index (χ3n) is 2.09. The van der Waals surface area contributed by atoms with Crippen molar-refractivity contribution in [2.75, 3.05) is 13.3 Å². The molecule has 0 radical (unpaired) electrons. The van der Waals surface area contributed by atoms with E-state index in [1.807, 2.05) is 0 Å². The Labute approximate surface area is 81.4 Å². The fourth-order valence-electron chi connectivity index (χ4n) is 1.35. The molecule has 14 heavy (non-hydrogen) atoms. The average molecular weight is 196 g/mol. The standard InChI is InChI=1S/C9H12N2O3/c10-11-4-7(12)6-1-2-8-9(3-6)14-5-13-8/h1-3,7,11-12H,4-5,10H2. The molecule has 0 saturated heterocycles. The fraction of sp³-hybridized carbons (Fsp3) is 0.333. The van der Waals surface area contributed by atoms with Crippen LogP contribution in [-0.4, -0.2) is 18.4 Å². The second kappa shape index (κ2) is 3.83. The van der Waals surface area contributed by atoms with Gasteiger partial charge in [0.15, 0.2) is 11.5 Å². The summed E-state index contributed by atoms with van der Waals surface area (Å²) in [5, 5.41) is 9.61. The molecule has 4 N–H and O–H groups in total. The number of aliphatic hydroxyl groups excluding tert-OH is 1. The maximum atomic E-state index is 9.61. The SMILES string of the molecule is NNCC(O)c1ccc2c(c1)OCO2. The number of ether oxygens (including phenoxy) is 2. The van der Waals surface area contributed by atoms with Gasteiger partial charge in [0.1, 0.15) is 0 Å². The molecule has 5 nitrogen and oxygen atoms in total. The fourth-order valence-corrected chi connectivity index (χ4v) is 1.35. The van der Waals surface area contributed by atoms with Crippen LogP contribution < -0.4 is 20.7 Å². The average Bonchev–Trinajstić information content (AvgIpc) is 2.64. The summed E-state index contributed by atoms with van der Waals surface area (Å²) in [7, 11) is 0. The van der Waals surface area contributed by atoms with Crippen LogP contribution in [0.25, 0.3) is 0 Å². The zero-order valence-electron chi connectivity index (χ0n) is 7.56. The number of rotatable bonds is 3. The van der Waals surface area contributed by atoms with Gasteiger partial charge < -0.3 is 14.6 Å². The predicted octanol–water partition coefficient (Wildman–Crippen LogP) is -0.0880. The maximum absolute atomic E-state index is 9.61. The number of fused-ring (bicyclic) bond motifs is 1. The largest absolute Gasteiger partial charge is 0.454 e. The Hall–Kier alpha value is -1.30. The van der Waals surface area contributed by atoms with Gasteiger partial charge in [-0.1, -0.05) is 6.07 Å². The molecular weight excluding hydrogens is 184 g/mol. The van der Waals surface area contributed by atoms with Crippen molar-refractivity contribution in [1.29, 1.82) is 0 Å². The zero-order valence-corrected chi connectivity index (χ0v) is 7.56. The first-order valence-electron chi connectivity index (χ1n) is 4.32. The van der Waals surface area contributed by atoms with Gasteiger partial charge in [-0.15, -0.1) is 0 Å². The van der Waals surface area contributed by atoms with Crippen LogP contribution in [0, 0.1) is 0 Å². The van der Waals surface area contributed by atoms with Crippen molar-refractivity contribution in [2.24, 2.45) is 5.84 Å². The van der Waals surface area contributed by atoms with Crippen molar-refractivity contribution >= 4 is 0 Å². The molecule has 1 aromatic rings. The van der Waals surface area contributed by atoms with E-state index >= 15 is 0 Å². The van der Waals surface area contributed by atoms with Crippen molar-refractivity contribution in [3.8, 4) is 11.5 Å². The summed E-state index contributed by atoms with van der Waals surface area (Å²) in [4.78, 5) is 0. The molecule has 0 aliphatic carbocycles. The molecule has 1 aliphatic rings. The number of aliphatic hydroxyl groups is 1. The van der Waals surface area contributed by atoms with Crippen LogP contribution in [0.15, 0.2) is 18.2 Å². The van der Waals surface area contributed by atoms with Gasteiger partial charge in [-0.3, -0.25) is 11.3 Å². The van der Waals surface area contributed by atoms with Gasteiger partial charge in [-0.05, 0) is 17.7 Å². The maximum Gasteiger partial charge on any atom is 0.231 e. The quantitative estimate of drug-likeness (QED) is 0.465. The lowest BCUT2D eigenvalue weighted by Gasteiger charge is -2.10. The van der Waals surface area contributed by atoms with Crippen LogP contribution in [0.5, 0.6) is 11.5 Å². The van der Waals surface area contributed by atoms with E-state index in [1.165, 1.54) is 0 Å². The van der Waals surface area contributed by atoms with Crippen LogP contribution in [0.2, 0.25) is 0 Å². The first-order valence-corrected chi connectivity index (χ1v) is 4.32. The number of hydrogen-bond donors (Lipinski definition) is 3. The molecular formula is C9H12N2O3. The van der Waals surface area contributed by atoms with E-state index < -0.39 is 6.10 Å². The topological polar surface area (TPSA) is 76.7 Å². The highest BCUT2D eigenvalue weighted by molar-refractivity contribution is 5.45. The highest BCUT2D eigenvalue weighted by atomic mass is 16.7. The molecule has 2 rings (SSSR count). The highest BCUT2D eigenvalue weighted by Gasteiger charge is 2.15. The minimum atomic E-state index is -0.630. The Morgan fingerprint density at radius 2 is 2.21 bits per heavy atom. The Balaban J connectivity index is 2.19. The molecule has 0 aromatic heterocycles. The summed E-state index contributed by atoms with van der Waals surface area (Å²) in [5.74, 6) is 6.49. The van der Waals surface area contributed by atoms with Crippen LogP contribution >= 0.6 is 0 Å². The lowest BCUT2D eigenvalue weighted by molar-refractivity contribution is 0.170. The Morgan fingerprint density at radius 3 is 3.00 bits per heavy atom. The molecule has 0 fully saturated rings. The second-order valence-electron chi connectivity index (χ2n) is 3.04. The highest BCUT2D eigenvalue weighted by Crippen LogP contribution is 2.33. The molecule has 5 heteroatoms. The van der Waals surface area contributed by atoms with Crippen LogP contribution in [-0.2, 0) is 0 Å². The normalized spacial score (nSPS) is 15.6. The number of hydrogen-bond acceptors (Lipinski definition) is 5. The summed E-state index contributed by atoms with van der Waals surface area (Å²) in [5.41, 5.74) is 3.17.